The maximum atomic E-state index is 12.1. The van der Waals surface area contributed by atoms with Crippen molar-refractivity contribution in [1.82, 2.24) is 4.90 Å². The van der Waals surface area contributed by atoms with Gasteiger partial charge >= 0.3 is 0 Å². The number of rotatable bonds is 1. The maximum Gasteiger partial charge on any atom is 0.225 e. The second-order valence-corrected chi connectivity index (χ2v) is 4.90. The Morgan fingerprint density at radius 3 is 2.36 bits per heavy atom. The fourth-order valence-corrected chi connectivity index (χ4v) is 2.86. The number of hydrogen-bond donors (Lipinski definition) is 0. The van der Waals surface area contributed by atoms with E-state index in [4.69, 9.17) is 0 Å². The van der Waals surface area contributed by atoms with Crippen LogP contribution in [0.5, 0.6) is 0 Å². The van der Waals surface area contributed by atoms with Crippen LogP contribution in [0, 0.1) is 11.8 Å². The number of amides is 1. The van der Waals surface area contributed by atoms with E-state index in [0.717, 1.165) is 19.5 Å². The minimum absolute atomic E-state index is 0.349. The molecule has 0 bridgehead atoms. The summed E-state index contributed by atoms with van der Waals surface area (Å²) in [4.78, 5) is 14.2. The molecule has 2 rings (SSSR count). The van der Waals surface area contributed by atoms with Crippen molar-refractivity contribution in [2.24, 2.45) is 11.8 Å². The Labute approximate surface area is 86.7 Å². The van der Waals surface area contributed by atoms with Crippen LogP contribution < -0.4 is 0 Å². The summed E-state index contributed by atoms with van der Waals surface area (Å²) < 4.78 is 0. The Balaban J connectivity index is 1.94. The molecule has 1 saturated carbocycles. The lowest BCUT2D eigenvalue weighted by atomic mass is 9.79. The van der Waals surface area contributed by atoms with Gasteiger partial charge in [0.25, 0.3) is 0 Å². The quantitative estimate of drug-likeness (QED) is 0.629. The molecule has 2 aliphatic rings. The van der Waals surface area contributed by atoms with Crippen molar-refractivity contribution >= 4 is 5.91 Å². The molecule has 0 N–H and O–H groups in total. The molecule has 2 nitrogen and oxygen atoms in total. The summed E-state index contributed by atoms with van der Waals surface area (Å²) in [6.07, 6.45) is 7.40. The summed E-state index contributed by atoms with van der Waals surface area (Å²) in [5.74, 6) is 1.42. The standard InChI is InChI=1S/C12H21NO/c1-10-6-2-3-7-11(10)12(14)13-8-4-5-9-13/h10-11H,2-9H2,1H3/t10-,11+/m1/s1. The van der Waals surface area contributed by atoms with Crippen molar-refractivity contribution in [2.45, 2.75) is 45.4 Å². The predicted molar refractivity (Wildman–Crippen MR) is 56.9 cm³/mol. The summed E-state index contributed by atoms with van der Waals surface area (Å²) in [6.45, 7) is 4.28. The number of likely N-dealkylation sites (tertiary alicyclic amines) is 1. The summed E-state index contributed by atoms with van der Waals surface area (Å²) >= 11 is 0. The van der Waals surface area contributed by atoms with Crippen molar-refractivity contribution < 1.29 is 4.79 Å². The Bertz CT molecular complexity index is 208. The first-order chi connectivity index (χ1) is 6.79. The van der Waals surface area contributed by atoms with E-state index in [0.29, 0.717) is 17.7 Å². The van der Waals surface area contributed by atoms with E-state index in [-0.39, 0.29) is 0 Å². The lowest BCUT2D eigenvalue weighted by Crippen LogP contribution is -2.37. The first-order valence-corrected chi connectivity index (χ1v) is 6.08. The van der Waals surface area contributed by atoms with Crippen molar-refractivity contribution in [3.8, 4) is 0 Å². The van der Waals surface area contributed by atoms with Crippen LogP contribution in [0.2, 0.25) is 0 Å². The van der Waals surface area contributed by atoms with Gasteiger partial charge in [-0.1, -0.05) is 19.8 Å². The average Bonchev–Trinajstić information content (AvgIpc) is 2.70. The molecule has 1 aliphatic carbocycles. The van der Waals surface area contributed by atoms with Crippen molar-refractivity contribution in [3.05, 3.63) is 0 Å². The first kappa shape index (κ1) is 10.0. The lowest BCUT2D eigenvalue weighted by molar-refractivity contribution is -0.137. The number of hydrogen-bond acceptors (Lipinski definition) is 1. The third-order valence-corrected chi connectivity index (χ3v) is 3.85. The number of nitrogens with zero attached hydrogens (tertiary/aromatic N) is 1. The van der Waals surface area contributed by atoms with Gasteiger partial charge in [-0.2, -0.15) is 0 Å². The second kappa shape index (κ2) is 4.33. The van der Waals surface area contributed by atoms with Crippen molar-refractivity contribution in [2.75, 3.05) is 13.1 Å². The lowest BCUT2D eigenvalue weighted by Gasteiger charge is -2.31. The average molecular weight is 195 g/mol. The van der Waals surface area contributed by atoms with Gasteiger partial charge in [-0.25, -0.2) is 0 Å². The molecule has 0 radical (unpaired) electrons. The Morgan fingerprint density at radius 1 is 1.07 bits per heavy atom. The molecule has 0 aromatic carbocycles. The molecule has 2 atom stereocenters. The molecule has 2 fully saturated rings. The highest BCUT2D eigenvalue weighted by molar-refractivity contribution is 5.79. The molecule has 80 valence electrons. The number of carbonyl (C=O) groups is 1. The molecule has 0 spiro atoms. The maximum absolute atomic E-state index is 12.1. The van der Waals surface area contributed by atoms with Gasteiger partial charge in [0.15, 0.2) is 0 Å². The molecule has 0 aromatic rings. The summed E-state index contributed by atoms with van der Waals surface area (Å²) in [5, 5.41) is 0. The van der Waals surface area contributed by atoms with Crippen LogP contribution in [0.1, 0.15) is 45.4 Å². The smallest absolute Gasteiger partial charge is 0.225 e. The van der Waals surface area contributed by atoms with E-state index < -0.39 is 0 Å². The fourth-order valence-electron chi connectivity index (χ4n) is 2.86. The van der Waals surface area contributed by atoms with Crippen molar-refractivity contribution in [1.29, 1.82) is 0 Å². The molecule has 0 unspecified atom stereocenters. The third-order valence-electron chi connectivity index (χ3n) is 3.85. The van der Waals surface area contributed by atoms with Gasteiger partial charge in [-0.15, -0.1) is 0 Å². The topological polar surface area (TPSA) is 20.3 Å². The number of carbonyl (C=O) groups excluding carboxylic acids is 1. The van der Waals surface area contributed by atoms with Crippen LogP contribution in [0.3, 0.4) is 0 Å². The van der Waals surface area contributed by atoms with E-state index in [9.17, 15) is 4.79 Å². The van der Waals surface area contributed by atoms with Gasteiger partial charge in [0.05, 0.1) is 0 Å². The van der Waals surface area contributed by atoms with Gasteiger partial charge in [0.1, 0.15) is 0 Å². The molecular weight excluding hydrogens is 174 g/mol. The van der Waals surface area contributed by atoms with E-state index in [1.165, 1.54) is 32.1 Å². The van der Waals surface area contributed by atoms with Gasteiger partial charge in [-0.05, 0) is 31.6 Å². The molecule has 0 aromatic heterocycles. The Morgan fingerprint density at radius 2 is 1.71 bits per heavy atom. The molecule has 1 heterocycles. The monoisotopic (exact) mass is 195 g/mol. The molecule has 2 heteroatoms. The Hall–Kier alpha value is -0.530. The normalized spacial score (nSPS) is 33.4. The minimum Gasteiger partial charge on any atom is -0.342 e. The molecule has 1 amide bonds. The van der Waals surface area contributed by atoms with Gasteiger partial charge in [-0.3, -0.25) is 4.79 Å². The molecular formula is C12H21NO. The highest BCUT2D eigenvalue weighted by Gasteiger charge is 2.31. The van der Waals surface area contributed by atoms with Crippen LogP contribution in [0.15, 0.2) is 0 Å². The summed E-state index contributed by atoms with van der Waals surface area (Å²) in [7, 11) is 0. The third kappa shape index (κ3) is 1.94. The van der Waals surface area contributed by atoms with Crippen LogP contribution >= 0.6 is 0 Å². The van der Waals surface area contributed by atoms with Gasteiger partial charge in [0, 0.05) is 19.0 Å². The first-order valence-electron chi connectivity index (χ1n) is 6.08. The Kier molecular flexibility index (Phi) is 3.09. The van der Waals surface area contributed by atoms with E-state index in [1.807, 2.05) is 0 Å². The molecule has 1 saturated heterocycles. The van der Waals surface area contributed by atoms with Crippen molar-refractivity contribution in [3.63, 3.8) is 0 Å². The van der Waals surface area contributed by atoms with E-state index in [2.05, 4.69) is 11.8 Å². The van der Waals surface area contributed by atoms with Crippen LogP contribution in [0.25, 0.3) is 0 Å². The zero-order valence-corrected chi connectivity index (χ0v) is 9.17. The zero-order chi connectivity index (χ0) is 9.97. The molecule has 14 heavy (non-hydrogen) atoms. The van der Waals surface area contributed by atoms with Gasteiger partial charge in [0.2, 0.25) is 5.91 Å². The second-order valence-electron chi connectivity index (χ2n) is 4.90. The fraction of sp³-hybridized carbons (Fsp3) is 0.917. The van der Waals surface area contributed by atoms with Crippen LogP contribution in [-0.4, -0.2) is 23.9 Å². The van der Waals surface area contributed by atoms with Gasteiger partial charge < -0.3 is 4.90 Å². The minimum atomic E-state index is 0.349. The summed E-state index contributed by atoms with van der Waals surface area (Å²) in [5.41, 5.74) is 0. The van der Waals surface area contributed by atoms with E-state index >= 15 is 0 Å². The SMILES string of the molecule is C[C@@H]1CCCC[C@@H]1C(=O)N1CCCC1. The molecule has 1 aliphatic heterocycles. The highest BCUT2D eigenvalue weighted by Crippen LogP contribution is 2.31. The highest BCUT2D eigenvalue weighted by atomic mass is 16.2. The predicted octanol–water partition coefficient (Wildman–Crippen LogP) is 2.44. The van der Waals surface area contributed by atoms with Crippen LogP contribution in [0.4, 0.5) is 0 Å². The summed E-state index contributed by atoms with van der Waals surface area (Å²) in [6, 6.07) is 0. The zero-order valence-electron chi connectivity index (χ0n) is 9.17. The van der Waals surface area contributed by atoms with Crippen LogP contribution in [-0.2, 0) is 4.79 Å². The largest absolute Gasteiger partial charge is 0.342 e. The van der Waals surface area contributed by atoms with E-state index in [1.54, 1.807) is 0 Å².